The van der Waals surface area contributed by atoms with Crippen LogP contribution >= 0.6 is 11.3 Å². The summed E-state index contributed by atoms with van der Waals surface area (Å²) in [7, 11) is -3.24. The van der Waals surface area contributed by atoms with Crippen LogP contribution in [0.4, 0.5) is 20.2 Å². The maximum atomic E-state index is 15.3. The number of likely N-dealkylation sites (tertiary alicyclic amines) is 2. The van der Waals surface area contributed by atoms with Crippen molar-refractivity contribution in [2.24, 2.45) is 11.3 Å². The third-order valence-corrected chi connectivity index (χ3v) is 17.7. The van der Waals surface area contributed by atoms with Crippen molar-refractivity contribution >= 4 is 68.1 Å². The lowest BCUT2D eigenvalue weighted by Crippen LogP contribution is -2.59. The molecule has 18 nitrogen and oxygen atoms in total. The number of β-amino-alcohol motifs (C(OH)–C–C–N with tert-alkyl or cyclic N) is 1. The van der Waals surface area contributed by atoms with Crippen LogP contribution in [0.2, 0.25) is 0 Å². The molecule has 22 heteroatoms. The molecule has 7 heterocycles. The Morgan fingerprint density at radius 2 is 1.59 bits per heavy atom. The lowest BCUT2D eigenvalue weighted by Gasteiger charge is -2.40. The van der Waals surface area contributed by atoms with Gasteiger partial charge in [0.2, 0.25) is 28.6 Å². The first-order valence-corrected chi connectivity index (χ1v) is 29.4. The Kier molecular flexibility index (Phi) is 17.1. The molecule has 4 aliphatic rings. The van der Waals surface area contributed by atoms with Gasteiger partial charge in [0.1, 0.15) is 29.7 Å². The molecule has 0 radical (unpaired) electrons. The van der Waals surface area contributed by atoms with Crippen LogP contribution in [0.1, 0.15) is 73.6 Å². The van der Waals surface area contributed by atoms with Gasteiger partial charge in [-0.05, 0) is 104 Å². The Balaban J connectivity index is 0.678. The van der Waals surface area contributed by atoms with Gasteiger partial charge in [-0.2, -0.15) is 0 Å². The van der Waals surface area contributed by atoms with Crippen molar-refractivity contribution in [1.29, 1.82) is 0 Å². The molecule has 3 aromatic heterocycles. The first-order chi connectivity index (χ1) is 38.4. The SMILES string of the molecule is Cc1ncsc1-c1ccc(CNC(=O)[C@@H]2C[C@@H](O)CN2C(=O)[C@@H](NC(=O)CN2CCC(CN3CCN(c4ccc(-c5cnc6[nH]cc(C(=O)c7cc(N(N8CC[C@@H](F)C8)[SH](=O)=O)ccc7F)c6c5)cc4)CC3)CC2)C(C)(C)C)cc1. The van der Waals surface area contributed by atoms with Crippen molar-refractivity contribution in [2.45, 2.75) is 84.3 Å². The third-order valence-electron chi connectivity index (χ3n) is 16.0. The number of nitrogens with zero attached hydrogens (tertiary/aromatic N) is 8. The molecule has 10 rings (SSSR count). The highest BCUT2D eigenvalue weighted by Gasteiger charge is 2.45. The molecule has 80 heavy (non-hydrogen) atoms. The largest absolute Gasteiger partial charge is 0.391 e. The van der Waals surface area contributed by atoms with Crippen molar-refractivity contribution in [1.82, 2.24) is 45.3 Å². The van der Waals surface area contributed by atoms with Crippen molar-refractivity contribution in [3.63, 3.8) is 0 Å². The summed E-state index contributed by atoms with van der Waals surface area (Å²) in [5, 5.41) is 18.5. The number of H-pyrrole nitrogens is 1. The van der Waals surface area contributed by atoms with Crippen LogP contribution in [-0.4, -0.2) is 168 Å². The van der Waals surface area contributed by atoms with E-state index in [-0.39, 0.29) is 80.1 Å². The number of ketones is 1. The number of alkyl halides is 1. The molecule has 3 aromatic carbocycles. The molecule has 4 N–H and O–H groups in total. The molecular formula is C58H69F2N11O7S2. The van der Waals surface area contributed by atoms with Crippen LogP contribution in [0.5, 0.6) is 0 Å². The number of aromatic amines is 1. The molecule has 4 atom stereocenters. The number of rotatable bonds is 17. The predicted octanol–water partition coefficient (Wildman–Crippen LogP) is 5.97. The summed E-state index contributed by atoms with van der Waals surface area (Å²) in [4.78, 5) is 76.9. The van der Waals surface area contributed by atoms with Gasteiger partial charge in [-0.15, -0.1) is 11.3 Å². The Bertz CT molecular complexity index is 3290. The number of aliphatic hydroxyl groups excluding tert-OH is 1. The van der Waals surface area contributed by atoms with Gasteiger partial charge in [0.05, 0.1) is 46.5 Å². The van der Waals surface area contributed by atoms with E-state index in [1.165, 1.54) is 28.2 Å². The van der Waals surface area contributed by atoms with Crippen molar-refractivity contribution in [3.05, 3.63) is 119 Å². The third kappa shape index (κ3) is 12.7. The number of aromatic nitrogens is 3. The molecule has 0 unspecified atom stereocenters. The number of amides is 3. The summed E-state index contributed by atoms with van der Waals surface area (Å²) in [6.45, 7) is 14.1. The number of piperidine rings is 1. The summed E-state index contributed by atoms with van der Waals surface area (Å²) in [6, 6.07) is 19.6. The number of aliphatic hydroxyl groups is 1. The van der Waals surface area contributed by atoms with E-state index < -0.39 is 52.3 Å². The fourth-order valence-corrected chi connectivity index (χ4v) is 13.0. The average molecular weight is 1130 g/mol. The number of benzene rings is 3. The van der Waals surface area contributed by atoms with Gasteiger partial charge >= 0.3 is 0 Å². The van der Waals surface area contributed by atoms with Crippen LogP contribution in [0.15, 0.2) is 90.7 Å². The average Bonchev–Trinajstić information content (AvgIpc) is 4.30. The van der Waals surface area contributed by atoms with Crippen molar-refractivity contribution < 1.29 is 41.5 Å². The van der Waals surface area contributed by atoms with E-state index in [0.29, 0.717) is 17.0 Å². The lowest BCUT2D eigenvalue weighted by molar-refractivity contribution is -0.144. The number of hydrogen-bond donors (Lipinski definition) is 5. The number of pyridine rings is 1. The second kappa shape index (κ2) is 24.2. The number of aryl methyl sites for hydroxylation is 1. The van der Waals surface area contributed by atoms with Crippen molar-refractivity contribution in [2.75, 3.05) is 81.3 Å². The lowest BCUT2D eigenvalue weighted by atomic mass is 9.85. The van der Waals surface area contributed by atoms with E-state index in [1.54, 1.807) is 17.5 Å². The Morgan fingerprint density at radius 3 is 2.25 bits per heavy atom. The molecular weight excluding hydrogens is 1060 g/mol. The summed E-state index contributed by atoms with van der Waals surface area (Å²) in [6.07, 6.45) is 3.29. The van der Waals surface area contributed by atoms with E-state index in [1.807, 2.05) is 75.7 Å². The Morgan fingerprint density at radius 1 is 0.863 bits per heavy atom. The number of hydrazine groups is 1. The predicted molar refractivity (Wildman–Crippen MR) is 305 cm³/mol. The van der Waals surface area contributed by atoms with Crippen LogP contribution in [0, 0.1) is 24.1 Å². The summed E-state index contributed by atoms with van der Waals surface area (Å²) >= 11 is 1.58. The van der Waals surface area contributed by atoms with Crippen LogP contribution in [-0.2, 0) is 31.8 Å². The first-order valence-electron chi connectivity index (χ1n) is 27.4. The van der Waals surface area contributed by atoms with E-state index in [9.17, 15) is 37.1 Å². The van der Waals surface area contributed by atoms with E-state index in [2.05, 4.69) is 52.4 Å². The summed E-state index contributed by atoms with van der Waals surface area (Å²) in [5.41, 5.74) is 7.12. The highest BCUT2D eigenvalue weighted by Crippen LogP contribution is 2.33. The minimum absolute atomic E-state index is 0.00770. The molecule has 4 fully saturated rings. The molecule has 0 bridgehead atoms. The molecule has 0 aliphatic carbocycles. The van der Waals surface area contributed by atoms with Crippen molar-refractivity contribution in [3.8, 4) is 21.6 Å². The number of anilines is 2. The highest BCUT2D eigenvalue weighted by atomic mass is 32.2. The van der Waals surface area contributed by atoms with E-state index in [4.69, 9.17) is 0 Å². The molecule has 4 aliphatic heterocycles. The molecule has 4 saturated heterocycles. The quantitative estimate of drug-likeness (QED) is 0.0528. The number of thiazole rings is 1. The number of carbonyl (C=O) groups is 4. The number of halogens is 2. The van der Waals surface area contributed by atoms with Gasteiger partial charge in [0.25, 0.3) is 0 Å². The topological polar surface area (TPSA) is 208 Å². The van der Waals surface area contributed by atoms with Gasteiger partial charge in [-0.3, -0.25) is 29.0 Å². The fourth-order valence-electron chi connectivity index (χ4n) is 11.5. The fraction of sp³-hybridized carbons (Fsp3) is 0.448. The maximum Gasteiger partial charge on any atom is 0.246 e. The minimum atomic E-state index is -3.24. The number of nitrogens with one attached hydrogen (secondary N) is 3. The second-order valence-electron chi connectivity index (χ2n) is 22.6. The first kappa shape index (κ1) is 56.6. The van der Waals surface area contributed by atoms with Crippen LogP contribution < -0.4 is 19.9 Å². The zero-order chi connectivity index (χ0) is 56.4. The zero-order valence-electron chi connectivity index (χ0n) is 45.4. The number of piperazine rings is 1. The molecule has 0 saturated carbocycles. The minimum Gasteiger partial charge on any atom is -0.391 e. The van der Waals surface area contributed by atoms with Crippen LogP contribution in [0.25, 0.3) is 32.6 Å². The Hall–Kier alpha value is -6.69. The number of fused-ring (bicyclic) bond motifs is 1. The normalized spacial score (nSPS) is 20.2. The monoisotopic (exact) mass is 1130 g/mol. The Labute approximate surface area is 470 Å². The molecule has 424 valence electrons. The van der Waals surface area contributed by atoms with E-state index >= 15 is 4.39 Å². The smallest absolute Gasteiger partial charge is 0.246 e. The number of hydrogen-bond acceptors (Lipinski definition) is 14. The number of carbonyl (C=O) groups excluding carboxylic acids is 4. The summed E-state index contributed by atoms with van der Waals surface area (Å²) < 4.78 is 54.8. The van der Waals surface area contributed by atoms with Gasteiger partial charge in [0.15, 0.2) is 5.78 Å². The van der Waals surface area contributed by atoms with Gasteiger partial charge < -0.3 is 30.5 Å². The number of thiol groups is 1. The van der Waals surface area contributed by atoms with Gasteiger partial charge in [-0.1, -0.05) is 57.2 Å². The molecule has 0 spiro atoms. The summed E-state index contributed by atoms with van der Waals surface area (Å²) in [5.74, 6) is -1.97. The zero-order valence-corrected chi connectivity index (χ0v) is 47.2. The standard InChI is InChI=1S/C58H69F2N11O7S2/c1-36-53(79-35-64-36)40-7-5-37(6-8-40)28-63-56(75)50-27-45(72)33-70(50)57(76)54(58(2,3)4)65-51(73)34-66-18-15-38(16-19-66)31-67-21-23-68(24-22-67)43-11-9-39(10-12-43)41-25-46-48(30-62-55(46)61-29-41)52(74)47-26-44(13-14-49(47)60)71(80(77)78)69-20-17-42(59)32-69/h5-14,25-26,29-30,35,38,42,45,50,54,72,80H,15-24,27-28,31-34H2,1-4H3,(H,61,62)(H,63,75)(H,65,73)/t42-,45-,50+,54-/m1/s1. The molecule has 6 aromatic rings. The van der Waals surface area contributed by atoms with Crippen LogP contribution in [0.3, 0.4) is 0 Å². The second-order valence-corrected chi connectivity index (χ2v) is 24.3. The van der Waals surface area contributed by atoms with Gasteiger partial charge in [-0.25, -0.2) is 36.6 Å². The maximum absolute atomic E-state index is 15.3. The molecule has 3 amide bonds. The highest BCUT2D eigenvalue weighted by molar-refractivity contribution is 7.73. The van der Waals surface area contributed by atoms with E-state index in [0.717, 1.165) is 108 Å². The van der Waals surface area contributed by atoms with Gasteiger partial charge in [0, 0.05) is 93.4 Å².